The minimum Gasteiger partial charge on any atom is -0.133 e. The first-order valence-corrected chi connectivity index (χ1v) is 34.9. The molecule has 6 aromatic rings. The SMILES string of the molecule is CCCCCCc1cc(-c2sc(-c3cc(CCCCCC)c(I)s3)c3c2CCCC3)sc1I.CCCCCCc1cc(-c2sc(-c3cc(CCCCCC)c(I)s3)c3c2CCCC3)sc1I. The Morgan fingerprint density at radius 1 is 0.318 bits per heavy atom. The van der Waals surface area contributed by atoms with Crippen molar-refractivity contribution in [2.75, 3.05) is 0 Å². The van der Waals surface area contributed by atoms with E-state index < -0.39 is 0 Å². The standard InChI is InChI=1S/2C28H36I2S3/c2*1-3-5-7-9-13-19-17-23(31-27(19)29)25-21-15-11-12-16-22(21)26(33-25)24-18-20(28(30)32-24)14-10-8-6-4-2/h2*17-18H,3-16H2,1-2H3. The first kappa shape index (κ1) is 54.9. The van der Waals surface area contributed by atoms with Crippen molar-refractivity contribution in [1.82, 2.24) is 0 Å². The Hall–Kier alpha value is 1.12. The topological polar surface area (TPSA) is 0 Å². The van der Waals surface area contributed by atoms with Crippen LogP contribution in [0, 0.1) is 11.5 Å². The molecule has 0 saturated heterocycles. The van der Waals surface area contributed by atoms with Gasteiger partial charge in [-0.05, 0) is 262 Å². The number of hydrogen-bond acceptors (Lipinski definition) is 6. The molecule has 0 nitrogen and oxygen atoms in total. The Morgan fingerprint density at radius 3 is 0.758 bits per heavy atom. The Labute approximate surface area is 478 Å². The van der Waals surface area contributed by atoms with E-state index in [1.165, 1.54) is 211 Å². The van der Waals surface area contributed by atoms with Crippen LogP contribution in [0.4, 0.5) is 0 Å². The molecule has 0 aromatic carbocycles. The van der Waals surface area contributed by atoms with E-state index in [1.54, 1.807) is 64.0 Å². The van der Waals surface area contributed by atoms with Crippen molar-refractivity contribution in [2.24, 2.45) is 0 Å². The van der Waals surface area contributed by atoms with Crippen molar-refractivity contribution in [1.29, 1.82) is 0 Å². The molecule has 0 atom stereocenters. The summed E-state index contributed by atoms with van der Waals surface area (Å²) in [7, 11) is 0. The number of aryl methyl sites for hydroxylation is 4. The van der Waals surface area contributed by atoms with Crippen molar-refractivity contribution in [3.05, 3.63) is 80.3 Å². The van der Waals surface area contributed by atoms with Gasteiger partial charge in [0.15, 0.2) is 0 Å². The molecule has 2 aliphatic carbocycles. The first-order valence-electron chi connectivity index (χ1n) is 25.7. The molecule has 6 heterocycles. The number of rotatable bonds is 24. The van der Waals surface area contributed by atoms with Crippen molar-refractivity contribution in [3.63, 3.8) is 0 Å². The third-order valence-electron chi connectivity index (χ3n) is 13.6. The van der Waals surface area contributed by atoms with E-state index >= 15 is 0 Å². The summed E-state index contributed by atoms with van der Waals surface area (Å²) in [5, 5.41) is 0. The average molecular weight is 1450 g/mol. The highest BCUT2D eigenvalue weighted by Gasteiger charge is 2.27. The van der Waals surface area contributed by atoms with E-state index in [2.05, 4.69) is 165 Å². The van der Waals surface area contributed by atoms with Gasteiger partial charge in [-0.15, -0.1) is 68.0 Å². The van der Waals surface area contributed by atoms with Crippen molar-refractivity contribution < 1.29 is 0 Å². The summed E-state index contributed by atoms with van der Waals surface area (Å²) in [6.45, 7) is 9.20. The zero-order chi connectivity index (χ0) is 46.4. The largest absolute Gasteiger partial charge is 0.133 e. The molecule has 0 unspecified atom stereocenters. The van der Waals surface area contributed by atoms with Gasteiger partial charge >= 0.3 is 0 Å². The van der Waals surface area contributed by atoms with Gasteiger partial charge in [-0.25, -0.2) is 0 Å². The van der Waals surface area contributed by atoms with E-state index in [4.69, 9.17) is 0 Å². The van der Waals surface area contributed by atoms with Crippen LogP contribution in [0.25, 0.3) is 39.0 Å². The monoisotopic (exact) mass is 1440 g/mol. The molecule has 360 valence electrons. The summed E-state index contributed by atoms with van der Waals surface area (Å²) >= 11 is 22.7. The Morgan fingerprint density at radius 2 is 0.545 bits per heavy atom. The molecule has 0 aliphatic heterocycles. The highest BCUT2D eigenvalue weighted by atomic mass is 127. The molecule has 10 heteroatoms. The quantitative estimate of drug-likeness (QED) is 0.0419. The van der Waals surface area contributed by atoms with Crippen molar-refractivity contribution in [2.45, 2.75) is 207 Å². The van der Waals surface area contributed by atoms with Crippen LogP contribution in [0.5, 0.6) is 0 Å². The second kappa shape index (κ2) is 28.5. The molecule has 6 aromatic heterocycles. The lowest BCUT2D eigenvalue weighted by Crippen LogP contribution is -2.00. The molecule has 0 bridgehead atoms. The Kier molecular flexibility index (Phi) is 23.7. The van der Waals surface area contributed by atoms with Crippen molar-refractivity contribution in [3.8, 4) is 39.0 Å². The van der Waals surface area contributed by atoms with Crippen LogP contribution in [0.3, 0.4) is 0 Å². The number of unbranched alkanes of at least 4 members (excludes halogenated alkanes) is 12. The molecule has 0 radical (unpaired) electrons. The predicted octanol–water partition coefficient (Wildman–Crippen LogP) is 23.1. The first-order chi connectivity index (χ1) is 32.2. The lowest BCUT2D eigenvalue weighted by molar-refractivity contribution is 0.667. The van der Waals surface area contributed by atoms with Gasteiger partial charge in [0, 0.05) is 39.0 Å². The maximum absolute atomic E-state index is 2.59. The Bertz CT molecular complexity index is 2090. The average Bonchev–Trinajstić information content (AvgIpc) is 4.19. The summed E-state index contributed by atoms with van der Waals surface area (Å²) in [6.07, 6.45) is 37.1. The highest BCUT2D eigenvalue weighted by molar-refractivity contribution is 14.1. The predicted molar refractivity (Wildman–Crippen MR) is 337 cm³/mol. The van der Waals surface area contributed by atoms with Crippen LogP contribution in [0.15, 0.2) is 24.3 Å². The van der Waals surface area contributed by atoms with Gasteiger partial charge in [0.25, 0.3) is 0 Å². The van der Waals surface area contributed by atoms with Gasteiger partial charge in [0.05, 0.1) is 11.5 Å². The lowest BCUT2D eigenvalue weighted by Gasteiger charge is -2.13. The zero-order valence-electron chi connectivity index (χ0n) is 40.1. The second-order valence-electron chi connectivity index (χ2n) is 18.7. The third-order valence-corrected chi connectivity index (χ3v) is 26.1. The van der Waals surface area contributed by atoms with Crippen LogP contribution >= 0.6 is 158 Å². The molecule has 0 saturated carbocycles. The van der Waals surface area contributed by atoms with Gasteiger partial charge in [0.1, 0.15) is 0 Å². The molecule has 0 amide bonds. The smallest absolute Gasteiger partial charge is 0.0692 e. The fourth-order valence-electron chi connectivity index (χ4n) is 9.78. The molecular weight excluding hydrogens is 1370 g/mol. The summed E-state index contributed by atoms with van der Waals surface area (Å²) in [6, 6.07) is 10.2. The normalized spacial score (nSPS) is 13.6. The number of fused-ring (bicyclic) bond motifs is 2. The summed E-state index contributed by atoms with van der Waals surface area (Å²) in [5.41, 5.74) is 13.1. The molecule has 66 heavy (non-hydrogen) atoms. The number of thiophene rings is 6. The van der Waals surface area contributed by atoms with Gasteiger partial charge in [-0.2, -0.15) is 0 Å². The summed E-state index contributed by atoms with van der Waals surface area (Å²) in [4.78, 5) is 12.5. The maximum Gasteiger partial charge on any atom is 0.0692 e. The van der Waals surface area contributed by atoms with Crippen molar-refractivity contribution >= 4 is 158 Å². The maximum atomic E-state index is 2.59. The molecule has 0 N–H and O–H groups in total. The van der Waals surface area contributed by atoms with Crippen LogP contribution < -0.4 is 0 Å². The van der Waals surface area contributed by atoms with E-state index in [0.717, 1.165) is 0 Å². The van der Waals surface area contributed by atoms with E-state index in [1.807, 2.05) is 45.3 Å². The molecule has 8 rings (SSSR count). The number of hydrogen-bond donors (Lipinski definition) is 0. The van der Waals surface area contributed by atoms with E-state index in [0.29, 0.717) is 0 Å². The lowest BCUT2D eigenvalue weighted by atomic mass is 9.91. The molecular formula is C56H72I4S6. The van der Waals surface area contributed by atoms with Crippen LogP contribution in [0.2, 0.25) is 0 Å². The summed E-state index contributed by atoms with van der Waals surface area (Å²) < 4.78 is 6.05. The summed E-state index contributed by atoms with van der Waals surface area (Å²) in [5.74, 6) is 0. The zero-order valence-corrected chi connectivity index (χ0v) is 53.6. The molecule has 0 spiro atoms. The minimum atomic E-state index is 1.25. The minimum absolute atomic E-state index is 1.25. The Balaban J connectivity index is 0.000000196. The number of halogens is 4. The molecule has 0 fully saturated rings. The third kappa shape index (κ3) is 14.7. The van der Waals surface area contributed by atoms with E-state index in [9.17, 15) is 0 Å². The highest BCUT2D eigenvalue weighted by Crippen LogP contribution is 2.52. The fraction of sp³-hybridized carbons (Fsp3) is 0.571. The fourth-order valence-corrected chi connectivity index (χ4v) is 21.4. The van der Waals surface area contributed by atoms with E-state index in [-0.39, 0.29) is 0 Å². The van der Waals surface area contributed by atoms with Gasteiger partial charge in [-0.3, -0.25) is 0 Å². The molecule has 2 aliphatic rings. The van der Waals surface area contributed by atoms with Gasteiger partial charge in [0.2, 0.25) is 0 Å². The van der Waals surface area contributed by atoms with Gasteiger partial charge in [-0.1, -0.05) is 105 Å². The van der Waals surface area contributed by atoms with Crippen LogP contribution in [-0.2, 0) is 51.4 Å². The van der Waals surface area contributed by atoms with Gasteiger partial charge < -0.3 is 0 Å². The second-order valence-corrected chi connectivity index (χ2v) is 32.2. The van der Waals surface area contributed by atoms with Crippen LogP contribution in [-0.4, -0.2) is 0 Å². The van der Waals surface area contributed by atoms with Crippen LogP contribution in [0.1, 0.15) is 201 Å².